The molecule has 2 aliphatic rings. The zero-order valence-corrected chi connectivity index (χ0v) is 30.7. The van der Waals surface area contributed by atoms with E-state index in [1.54, 1.807) is 0 Å². The standard InChI is InChI=1S/C54H31NO2/c1-3-15-32(16-4-1)44-29-34(30-45(55-44)33-17-5-2-6-18-33)39-31-43-52(50-38-22-10-14-26-47(38)57-53(39)50)51-42(27-28-48-49(51)37-21-9-13-25-46(37)56-48)54(43)40-23-11-7-19-35(40)36-20-8-12-24-41(36)54/h1-31H. The number of furan rings is 2. The van der Waals surface area contributed by atoms with Crippen molar-refractivity contribution in [2.75, 3.05) is 0 Å². The molecule has 0 unspecified atom stereocenters. The van der Waals surface area contributed by atoms with Crippen molar-refractivity contribution in [3.8, 4) is 55.9 Å². The third kappa shape index (κ3) is 4.02. The first-order valence-corrected chi connectivity index (χ1v) is 19.5. The van der Waals surface area contributed by atoms with Gasteiger partial charge in [0.1, 0.15) is 22.3 Å². The Hall–Kier alpha value is -7.49. The second-order valence-corrected chi connectivity index (χ2v) is 15.3. The minimum Gasteiger partial charge on any atom is -0.456 e. The number of aromatic nitrogens is 1. The number of nitrogens with zero attached hydrogens (tertiary/aromatic N) is 1. The summed E-state index contributed by atoms with van der Waals surface area (Å²) in [7, 11) is 0. The first-order valence-electron chi connectivity index (χ1n) is 19.5. The van der Waals surface area contributed by atoms with Crippen molar-refractivity contribution in [3.05, 3.63) is 210 Å². The zero-order chi connectivity index (χ0) is 37.2. The molecule has 0 saturated heterocycles. The van der Waals surface area contributed by atoms with E-state index in [0.29, 0.717) is 0 Å². The zero-order valence-electron chi connectivity index (χ0n) is 30.7. The lowest BCUT2D eigenvalue weighted by atomic mass is 9.70. The first-order chi connectivity index (χ1) is 28.3. The summed E-state index contributed by atoms with van der Waals surface area (Å²) in [4.78, 5) is 5.27. The van der Waals surface area contributed by atoms with Crippen LogP contribution in [0.1, 0.15) is 22.3 Å². The van der Waals surface area contributed by atoms with Gasteiger partial charge in [0.15, 0.2) is 0 Å². The normalized spacial score (nSPS) is 13.4. The molecule has 0 atom stereocenters. The van der Waals surface area contributed by atoms with Crippen LogP contribution < -0.4 is 0 Å². The molecule has 0 N–H and O–H groups in total. The van der Waals surface area contributed by atoms with E-state index >= 15 is 0 Å². The second-order valence-electron chi connectivity index (χ2n) is 15.3. The fraction of sp³-hybridized carbons (Fsp3) is 0.0185. The summed E-state index contributed by atoms with van der Waals surface area (Å²) in [6, 6.07) is 67.4. The van der Waals surface area contributed by atoms with Crippen LogP contribution in [0.25, 0.3) is 99.8 Å². The molecule has 3 aromatic heterocycles. The average molecular weight is 726 g/mol. The smallest absolute Gasteiger partial charge is 0.143 e. The van der Waals surface area contributed by atoms with Crippen molar-refractivity contribution < 1.29 is 8.83 Å². The maximum atomic E-state index is 7.10. The molecule has 0 amide bonds. The van der Waals surface area contributed by atoms with Gasteiger partial charge in [0.25, 0.3) is 0 Å². The van der Waals surface area contributed by atoms with Gasteiger partial charge in [-0.25, -0.2) is 4.98 Å². The Balaban J connectivity index is 1.25. The van der Waals surface area contributed by atoms with Gasteiger partial charge in [-0.3, -0.25) is 0 Å². The molecule has 57 heavy (non-hydrogen) atoms. The molecule has 13 rings (SSSR count). The fourth-order valence-electron chi connectivity index (χ4n) is 10.2. The fourth-order valence-corrected chi connectivity index (χ4v) is 10.2. The Labute approximate surface area is 328 Å². The highest BCUT2D eigenvalue weighted by Crippen LogP contribution is 2.66. The number of hydrogen-bond donors (Lipinski definition) is 0. The Morgan fingerprint density at radius 3 is 1.53 bits per heavy atom. The molecule has 11 aromatic rings. The number of benzene rings is 8. The van der Waals surface area contributed by atoms with E-state index in [0.717, 1.165) is 77.5 Å². The largest absolute Gasteiger partial charge is 0.456 e. The number of rotatable bonds is 3. The number of hydrogen-bond acceptors (Lipinski definition) is 3. The summed E-state index contributed by atoms with van der Waals surface area (Å²) in [6.07, 6.45) is 0. The second kappa shape index (κ2) is 11.3. The van der Waals surface area contributed by atoms with Crippen LogP contribution in [0.5, 0.6) is 0 Å². The van der Waals surface area contributed by atoms with Gasteiger partial charge in [-0.05, 0) is 86.5 Å². The average Bonchev–Trinajstić information content (AvgIpc) is 4.01. The minimum absolute atomic E-state index is 0.594. The highest BCUT2D eigenvalue weighted by Gasteiger charge is 2.53. The van der Waals surface area contributed by atoms with Crippen LogP contribution in [0.4, 0.5) is 0 Å². The van der Waals surface area contributed by atoms with E-state index in [2.05, 4.69) is 188 Å². The summed E-state index contributed by atoms with van der Waals surface area (Å²) >= 11 is 0. The molecule has 0 fully saturated rings. The quantitative estimate of drug-likeness (QED) is 0.182. The molecule has 8 aromatic carbocycles. The monoisotopic (exact) mass is 725 g/mol. The van der Waals surface area contributed by atoms with E-state index in [1.807, 2.05) is 0 Å². The third-order valence-electron chi connectivity index (χ3n) is 12.5. The SMILES string of the molecule is c1ccc(-c2cc(-c3cc4c(c5c3oc3ccccc35)-c3c(ccc5oc6ccccc6c35)C43c4ccccc4-c4ccccc43)cc(-c3ccccc3)n2)cc1. The van der Waals surface area contributed by atoms with Gasteiger partial charge >= 0.3 is 0 Å². The van der Waals surface area contributed by atoms with Gasteiger partial charge in [0, 0.05) is 38.2 Å². The molecular formula is C54H31NO2. The van der Waals surface area contributed by atoms with E-state index in [1.165, 1.54) is 44.5 Å². The molecule has 0 radical (unpaired) electrons. The van der Waals surface area contributed by atoms with Crippen LogP contribution in [0.15, 0.2) is 197 Å². The van der Waals surface area contributed by atoms with Crippen LogP contribution in [-0.2, 0) is 5.41 Å². The molecule has 3 nitrogen and oxygen atoms in total. The van der Waals surface area contributed by atoms with E-state index in [4.69, 9.17) is 13.8 Å². The Morgan fingerprint density at radius 1 is 0.351 bits per heavy atom. The van der Waals surface area contributed by atoms with Gasteiger partial charge < -0.3 is 8.83 Å². The predicted molar refractivity (Wildman–Crippen MR) is 231 cm³/mol. The highest BCUT2D eigenvalue weighted by molar-refractivity contribution is 6.25. The summed E-state index contributed by atoms with van der Waals surface area (Å²) < 4.78 is 13.7. The maximum Gasteiger partial charge on any atom is 0.143 e. The van der Waals surface area contributed by atoms with Crippen LogP contribution >= 0.6 is 0 Å². The maximum absolute atomic E-state index is 7.10. The summed E-state index contributed by atoms with van der Waals surface area (Å²) in [5, 5.41) is 4.48. The molecule has 1 spiro atoms. The molecule has 0 aliphatic heterocycles. The highest BCUT2D eigenvalue weighted by atomic mass is 16.3. The summed E-state index contributed by atoms with van der Waals surface area (Å²) in [5.74, 6) is 0. The minimum atomic E-state index is -0.594. The van der Waals surface area contributed by atoms with Crippen molar-refractivity contribution >= 4 is 43.9 Å². The number of pyridine rings is 1. The van der Waals surface area contributed by atoms with E-state index in [9.17, 15) is 0 Å². The molecule has 0 bridgehead atoms. The van der Waals surface area contributed by atoms with Gasteiger partial charge in [0.2, 0.25) is 0 Å². The molecule has 3 heterocycles. The number of fused-ring (bicyclic) bond motifs is 18. The van der Waals surface area contributed by atoms with Gasteiger partial charge in [0.05, 0.1) is 16.8 Å². The molecule has 2 aliphatic carbocycles. The summed E-state index contributed by atoms with van der Waals surface area (Å²) in [6.45, 7) is 0. The first kappa shape index (κ1) is 30.8. The van der Waals surface area contributed by atoms with Gasteiger partial charge in [-0.2, -0.15) is 0 Å². The van der Waals surface area contributed by atoms with Gasteiger partial charge in [-0.1, -0.05) is 152 Å². The van der Waals surface area contributed by atoms with Crippen molar-refractivity contribution in [1.82, 2.24) is 4.98 Å². The Kier molecular flexibility index (Phi) is 6.10. The third-order valence-corrected chi connectivity index (χ3v) is 12.5. The molecule has 264 valence electrons. The van der Waals surface area contributed by atoms with Crippen molar-refractivity contribution in [2.24, 2.45) is 0 Å². The van der Waals surface area contributed by atoms with Crippen LogP contribution in [0.3, 0.4) is 0 Å². The van der Waals surface area contributed by atoms with Crippen molar-refractivity contribution in [1.29, 1.82) is 0 Å². The van der Waals surface area contributed by atoms with E-state index in [-0.39, 0.29) is 0 Å². The van der Waals surface area contributed by atoms with Crippen molar-refractivity contribution in [2.45, 2.75) is 5.41 Å². The van der Waals surface area contributed by atoms with E-state index < -0.39 is 5.41 Å². The van der Waals surface area contributed by atoms with Gasteiger partial charge in [-0.15, -0.1) is 0 Å². The van der Waals surface area contributed by atoms with Crippen LogP contribution in [0, 0.1) is 0 Å². The van der Waals surface area contributed by atoms with Crippen LogP contribution in [-0.4, -0.2) is 4.98 Å². The lowest BCUT2D eigenvalue weighted by Crippen LogP contribution is -2.25. The Bertz CT molecular complexity index is 3360. The molecule has 0 saturated carbocycles. The molecular weight excluding hydrogens is 695 g/mol. The lowest BCUT2D eigenvalue weighted by molar-refractivity contribution is 0.668. The van der Waals surface area contributed by atoms with Crippen molar-refractivity contribution in [3.63, 3.8) is 0 Å². The predicted octanol–water partition coefficient (Wildman–Crippen LogP) is 14.2. The summed E-state index contributed by atoms with van der Waals surface area (Å²) in [5.41, 5.74) is 19.0. The van der Waals surface area contributed by atoms with Crippen LogP contribution in [0.2, 0.25) is 0 Å². The molecule has 3 heteroatoms. The lowest BCUT2D eigenvalue weighted by Gasteiger charge is -2.30. The topological polar surface area (TPSA) is 39.2 Å². The Morgan fingerprint density at radius 2 is 0.877 bits per heavy atom. The number of para-hydroxylation sites is 2.